The minimum Gasteiger partial charge on any atom is -0.494 e. The van der Waals surface area contributed by atoms with Gasteiger partial charge in [-0.2, -0.15) is 0 Å². The average Bonchev–Trinajstić information content (AvgIpc) is 3.09. The van der Waals surface area contributed by atoms with Crippen molar-refractivity contribution in [2.45, 2.75) is 24.1 Å². The van der Waals surface area contributed by atoms with E-state index in [1.54, 1.807) is 0 Å². The number of hydrogen-bond acceptors (Lipinski definition) is 6. The molecule has 6 nitrogen and oxygen atoms in total. The molecule has 0 aliphatic carbocycles. The Labute approximate surface area is 166 Å². The molecular weight excluding hydrogens is 374 g/mol. The molecule has 0 aliphatic heterocycles. The third kappa shape index (κ3) is 3.66. The smallest absolute Gasteiger partial charge is 0.237 e. The summed E-state index contributed by atoms with van der Waals surface area (Å²) in [7, 11) is 0. The topological polar surface area (TPSA) is 77.2 Å². The number of nitrogens with zero attached hydrogens (tertiary/aromatic N) is 2. The average molecular weight is 393 g/mol. The van der Waals surface area contributed by atoms with E-state index in [0.717, 1.165) is 27.9 Å². The van der Waals surface area contributed by atoms with E-state index in [1.165, 1.54) is 18.1 Å². The fourth-order valence-corrected chi connectivity index (χ4v) is 3.71. The van der Waals surface area contributed by atoms with Gasteiger partial charge in [-0.1, -0.05) is 23.9 Å². The van der Waals surface area contributed by atoms with Gasteiger partial charge in [-0.3, -0.25) is 4.79 Å². The van der Waals surface area contributed by atoms with E-state index < -0.39 is 0 Å². The van der Waals surface area contributed by atoms with Crippen molar-refractivity contribution in [3.63, 3.8) is 0 Å². The third-order valence-electron chi connectivity index (χ3n) is 4.22. The molecule has 4 aromatic rings. The maximum absolute atomic E-state index is 12.6. The summed E-state index contributed by atoms with van der Waals surface area (Å²) in [5.41, 5.74) is 2.84. The lowest BCUT2D eigenvalue weighted by Gasteiger charge is -2.12. The molecule has 0 saturated carbocycles. The summed E-state index contributed by atoms with van der Waals surface area (Å²) in [4.78, 5) is 21.3. The van der Waals surface area contributed by atoms with E-state index in [9.17, 15) is 4.79 Å². The molecule has 0 saturated heterocycles. The van der Waals surface area contributed by atoms with Crippen molar-refractivity contribution in [1.29, 1.82) is 0 Å². The van der Waals surface area contributed by atoms with Crippen LogP contribution in [0.2, 0.25) is 0 Å². The highest BCUT2D eigenvalue weighted by molar-refractivity contribution is 8.00. The summed E-state index contributed by atoms with van der Waals surface area (Å²) in [6.45, 7) is 4.38. The molecule has 1 atom stereocenters. The molecule has 2 aromatic carbocycles. The van der Waals surface area contributed by atoms with Gasteiger partial charge in [-0.15, -0.1) is 0 Å². The number of hydrogen-bond donors (Lipinski definition) is 1. The van der Waals surface area contributed by atoms with Gasteiger partial charge in [-0.05, 0) is 50.2 Å². The first-order valence-electron chi connectivity index (χ1n) is 8.98. The number of aromatic nitrogens is 2. The van der Waals surface area contributed by atoms with Gasteiger partial charge in [0.15, 0.2) is 5.58 Å². The number of amides is 1. The first-order valence-corrected chi connectivity index (χ1v) is 9.86. The molecule has 2 heterocycles. The van der Waals surface area contributed by atoms with Crippen molar-refractivity contribution in [3.05, 3.63) is 54.9 Å². The van der Waals surface area contributed by atoms with Crippen molar-refractivity contribution in [2.24, 2.45) is 0 Å². The minimum atomic E-state index is -0.363. The zero-order valence-corrected chi connectivity index (χ0v) is 16.3. The Balaban J connectivity index is 1.51. The molecule has 0 fully saturated rings. The van der Waals surface area contributed by atoms with E-state index >= 15 is 0 Å². The van der Waals surface area contributed by atoms with Gasteiger partial charge in [0.1, 0.15) is 28.2 Å². The summed E-state index contributed by atoms with van der Waals surface area (Å²) in [6.07, 6.45) is 1.50. The van der Waals surface area contributed by atoms with E-state index in [4.69, 9.17) is 9.15 Å². The summed E-state index contributed by atoms with van der Waals surface area (Å²) < 4.78 is 11.3. The van der Waals surface area contributed by atoms with Crippen molar-refractivity contribution in [2.75, 3.05) is 11.9 Å². The number of ether oxygens (including phenoxy) is 1. The molecule has 0 radical (unpaired) electrons. The number of fused-ring (bicyclic) bond motifs is 3. The van der Waals surface area contributed by atoms with Gasteiger partial charge < -0.3 is 14.5 Å². The van der Waals surface area contributed by atoms with Crippen LogP contribution >= 0.6 is 11.8 Å². The predicted octanol–water partition coefficient (Wildman–Crippen LogP) is 4.89. The molecule has 0 bridgehead atoms. The Morgan fingerprint density at radius 2 is 1.96 bits per heavy atom. The number of thioether (sulfide) groups is 1. The molecule has 0 unspecified atom stereocenters. The van der Waals surface area contributed by atoms with E-state index in [-0.39, 0.29) is 11.2 Å². The quantitative estimate of drug-likeness (QED) is 0.371. The second-order valence-electron chi connectivity index (χ2n) is 6.16. The van der Waals surface area contributed by atoms with Crippen LogP contribution in [0.25, 0.3) is 22.1 Å². The molecule has 1 amide bonds. The highest BCUT2D eigenvalue weighted by Crippen LogP contribution is 2.34. The van der Waals surface area contributed by atoms with E-state index in [1.807, 2.05) is 62.4 Å². The van der Waals surface area contributed by atoms with E-state index in [0.29, 0.717) is 17.2 Å². The maximum Gasteiger partial charge on any atom is 0.237 e. The van der Waals surface area contributed by atoms with Crippen LogP contribution in [0.4, 0.5) is 5.69 Å². The maximum atomic E-state index is 12.6. The third-order valence-corrected chi connectivity index (χ3v) is 5.30. The van der Waals surface area contributed by atoms with Crippen LogP contribution in [0.5, 0.6) is 5.75 Å². The summed E-state index contributed by atoms with van der Waals surface area (Å²) in [5, 5.41) is 4.14. The number of carbonyl (C=O) groups is 1. The van der Waals surface area contributed by atoms with Gasteiger partial charge in [0.25, 0.3) is 0 Å². The number of benzene rings is 2. The van der Waals surface area contributed by atoms with Crippen LogP contribution in [0.3, 0.4) is 0 Å². The minimum absolute atomic E-state index is 0.114. The molecule has 4 rings (SSSR count). The molecule has 1 N–H and O–H groups in total. The van der Waals surface area contributed by atoms with Gasteiger partial charge in [0.2, 0.25) is 5.91 Å². The monoisotopic (exact) mass is 393 g/mol. The first kappa shape index (κ1) is 18.3. The Morgan fingerprint density at radius 3 is 2.75 bits per heavy atom. The predicted molar refractivity (Wildman–Crippen MR) is 111 cm³/mol. The van der Waals surface area contributed by atoms with Gasteiger partial charge in [0, 0.05) is 11.1 Å². The largest absolute Gasteiger partial charge is 0.494 e. The Morgan fingerprint density at radius 1 is 1.18 bits per heavy atom. The van der Waals surface area contributed by atoms with Gasteiger partial charge in [-0.25, -0.2) is 9.97 Å². The molecular formula is C21H19N3O3S. The lowest BCUT2D eigenvalue weighted by atomic mass is 10.2. The van der Waals surface area contributed by atoms with Crippen LogP contribution in [-0.2, 0) is 4.79 Å². The lowest BCUT2D eigenvalue weighted by Crippen LogP contribution is -2.22. The summed E-state index contributed by atoms with van der Waals surface area (Å²) >= 11 is 1.35. The van der Waals surface area contributed by atoms with Crippen LogP contribution in [0.1, 0.15) is 13.8 Å². The molecule has 7 heteroatoms. The fourth-order valence-electron chi connectivity index (χ4n) is 2.85. The number of para-hydroxylation sites is 1. The number of carbonyl (C=O) groups excluding carboxylic acids is 1. The zero-order chi connectivity index (χ0) is 19.5. The Bertz CT molecular complexity index is 1120. The zero-order valence-electron chi connectivity index (χ0n) is 15.5. The summed E-state index contributed by atoms with van der Waals surface area (Å²) in [6, 6.07) is 15.0. The molecule has 28 heavy (non-hydrogen) atoms. The lowest BCUT2D eigenvalue weighted by molar-refractivity contribution is -0.115. The number of anilines is 1. The van der Waals surface area contributed by atoms with Crippen LogP contribution in [0.15, 0.2) is 64.3 Å². The molecule has 142 valence electrons. The molecule has 2 aromatic heterocycles. The van der Waals surface area contributed by atoms with Crippen molar-refractivity contribution >= 4 is 45.4 Å². The van der Waals surface area contributed by atoms with E-state index in [2.05, 4.69) is 15.3 Å². The van der Waals surface area contributed by atoms with Crippen LogP contribution < -0.4 is 10.1 Å². The number of rotatable bonds is 6. The normalized spacial score (nSPS) is 12.2. The van der Waals surface area contributed by atoms with Crippen molar-refractivity contribution < 1.29 is 13.9 Å². The SMILES string of the molecule is CCOc1ccc(NC(=O)[C@@H](C)Sc2ncnc3c2oc2ccccc23)cc1. The molecule has 0 spiro atoms. The van der Waals surface area contributed by atoms with Crippen molar-refractivity contribution in [3.8, 4) is 5.75 Å². The van der Waals surface area contributed by atoms with Crippen LogP contribution in [-0.4, -0.2) is 27.7 Å². The second-order valence-corrected chi connectivity index (χ2v) is 7.49. The highest BCUT2D eigenvalue weighted by Gasteiger charge is 2.20. The summed E-state index contributed by atoms with van der Waals surface area (Å²) in [5.74, 6) is 0.660. The second kappa shape index (κ2) is 7.90. The number of furan rings is 1. The van der Waals surface area contributed by atoms with Gasteiger partial charge >= 0.3 is 0 Å². The van der Waals surface area contributed by atoms with Crippen molar-refractivity contribution in [1.82, 2.24) is 9.97 Å². The van der Waals surface area contributed by atoms with Gasteiger partial charge in [0.05, 0.1) is 11.9 Å². The number of nitrogens with one attached hydrogen (secondary N) is 1. The Kier molecular flexibility index (Phi) is 5.16. The Hall–Kier alpha value is -3.06. The van der Waals surface area contributed by atoms with Crippen LogP contribution in [0, 0.1) is 0 Å². The highest BCUT2D eigenvalue weighted by atomic mass is 32.2. The molecule has 0 aliphatic rings. The first-order chi connectivity index (χ1) is 13.7. The standard InChI is InChI=1S/C21H19N3O3S/c1-3-26-15-10-8-14(9-11-15)24-20(25)13(2)28-21-19-18(22-12-23-21)16-6-4-5-7-17(16)27-19/h4-13H,3H2,1-2H3,(H,24,25)/t13-/m1/s1. The fraction of sp³-hybridized carbons (Fsp3) is 0.190.